The standard InChI is InChI=1S/C11H19N3/c1-4-5-14-8-13-7-11(14)10(6-12)9(2)3/h4,7-10H,1,5-6,12H2,2-3H3. The molecular formula is C11H19N3. The molecule has 0 bridgehead atoms. The van der Waals surface area contributed by atoms with E-state index in [9.17, 15) is 0 Å². The molecular weight excluding hydrogens is 174 g/mol. The van der Waals surface area contributed by atoms with E-state index in [1.807, 2.05) is 18.6 Å². The zero-order valence-corrected chi connectivity index (χ0v) is 8.98. The molecule has 0 fully saturated rings. The van der Waals surface area contributed by atoms with Gasteiger partial charge in [-0.1, -0.05) is 19.9 Å². The molecule has 0 spiro atoms. The third-order valence-electron chi connectivity index (χ3n) is 2.51. The van der Waals surface area contributed by atoms with E-state index < -0.39 is 0 Å². The molecule has 1 unspecified atom stereocenters. The van der Waals surface area contributed by atoms with Crippen LogP contribution < -0.4 is 5.73 Å². The number of hydrogen-bond acceptors (Lipinski definition) is 2. The first-order valence-corrected chi connectivity index (χ1v) is 5.01. The molecule has 0 saturated carbocycles. The van der Waals surface area contributed by atoms with Crippen LogP contribution in [0.2, 0.25) is 0 Å². The van der Waals surface area contributed by atoms with E-state index >= 15 is 0 Å². The molecule has 1 aromatic heterocycles. The molecule has 0 amide bonds. The summed E-state index contributed by atoms with van der Waals surface area (Å²) in [4.78, 5) is 4.15. The minimum absolute atomic E-state index is 0.387. The van der Waals surface area contributed by atoms with Gasteiger partial charge in [-0.25, -0.2) is 4.98 Å². The van der Waals surface area contributed by atoms with Gasteiger partial charge in [0.15, 0.2) is 0 Å². The Morgan fingerprint density at radius 1 is 1.64 bits per heavy atom. The molecule has 0 aliphatic carbocycles. The lowest BCUT2D eigenvalue weighted by molar-refractivity contribution is 0.479. The summed E-state index contributed by atoms with van der Waals surface area (Å²) < 4.78 is 2.10. The van der Waals surface area contributed by atoms with Crippen LogP contribution in [-0.2, 0) is 6.54 Å². The average molecular weight is 193 g/mol. The summed E-state index contributed by atoms with van der Waals surface area (Å²) in [5, 5.41) is 0. The highest BCUT2D eigenvalue weighted by Crippen LogP contribution is 2.22. The van der Waals surface area contributed by atoms with Crippen LogP contribution in [0.15, 0.2) is 25.2 Å². The van der Waals surface area contributed by atoms with Gasteiger partial charge in [0.2, 0.25) is 0 Å². The molecule has 0 aliphatic heterocycles. The maximum absolute atomic E-state index is 5.76. The van der Waals surface area contributed by atoms with Crippen molar-refractivity contribution >= 4 is 0 Å². The van der Waals surface area contributed by atoms with Gasteiger partial charge in [-0.05, 0) is 5.92 Å². The second-order valence-corrected chi connectivity index (χ2v) is 3.85. The van der Waals surface area contributed by atoms with Crippen LogP contribution in [0.1, 0.15) is 25.5 Å². The summed E-state index contributed by atoms with van der Waals surface area (Å²) in [6.45, 7) is 9.56. The normalized spacial score (nSPS) is 13.1. The minimum Gasteiger partial charge on any atom is -0.330 e. The van der Waals surface area contributed by atoms with E-state index in [1.54, 1.807) is 0 Å². The van der Waals surface area contributed by atoms with Crippen LogP contribution >= 0.6 is 0 Å². The first-order chi connectivity index (χ1) is 6.70. The van der Waals surface area contributed by atoms with Crippen molar-refractivity contribution in [1.29, 1.82) is 0 Å². The van der Waals surface area contributed by atoms with E-state index in [1.165, 1.54) is 5.69 Å². The number of allylic oxidation sites excluding steroid dienone is 1. The zero-order valence-electron chi connectivity index (χ0n) is 8.98. The van der Waals surface area contributed by atoms with E-state index in [-0.39, 0.29) is 0 Å². The topological polar surface area (TPSA) is 43.8 Å². The van der Waals surface area contributed by atoms with Crippen molar-refractivity contribution in [2.45, 2.75) is 26.3 Å². The number of aromatic nitrogens is 2. The Bertz CT molecular complexity index is 288. The van der Waals surface area contributed by atoms with E-state index in [0.29, 0.717) is 18.4 Å². The van der Waals surface area contributed by atoms with Crippen LogP contribution in [0.5, 0.6) is 0 Å². The predicted molar refractivity (Wildman–Crippen MR) is 59.1 cm³/mol. The monoisotopic (exact) mass is 193 g/mol. The lowest BCUT2D eigenvalue weighted by Gasteiger charge is -2.19. The van der Waals surface area contributed by atoms with Crippen LogP contribution in [0.4, 0.5) is 0 Å². The zero-order chi connectivity index (χ0) is 10.6. The summed E-state index contributed by atoms with van der Waals surface area (Å²) in [5.41, 5.74) is 6.97. The third-order valence-corrected chi connectivity index (χ3v) is 2.51. The summed E-state index contributed by atoms with van der Waals surface area (Å²) >= 11 is 0. The van der Waals surface area contributed by atoms with E-state index in [2.05, 4.69) is 30.0 Å². The number of hydrogen-bond donors (Lipinski definition) is 1. The molecule has 1 rings (SSSR count). The van der Waals surface area contributed by atoms with Gasteiger partial charge in [0.25, 0.3) is 0 Å². The Labute approximate surface area is 85.6 Å². The Balaban J connectivity index is 2.91. The number of rotatable bonds is 5. The molecule has 1 atom stereocenters. The smallest absolute Gasteiger partial charge is 0.0951 e. The van der Waals surface area contributed by atoms with Crippen molar-refractivity contribution in [3.8, 4) is 0 Å². The molecule has 78 valence electrons. The predicted octanol–water partition coefficient (Wildman–Crippen LogP) is 1.77. The van der Waals surface area contributed by atoms with Gasteiger partial charge in [0.1, 0.15) is 0 Å². The highest BCUT2D eigenvalue weighted by molar-refractivity contribution is 5.08. The average Bonchev–Trinajstić information content (AvgIpc) is 2.55. The molecule has 2 N–H and O–H groups in total. The number of nitrogens with two attached hydrogens (primary N) is 1. The molecule has 3 heteroatoms. The number of nitrogens with zero attached hydrogens (tertiary/aromatic N) is 2. The highest BCUT2D eigenvalue weighted by Gasteiger charge is 2.17. The molecule has 0 radical (unpaired) electrons. The first kappa shape index (κ1) is 11.0. The van der Waals surface area contributed by atoms with E-state index in [4.69, 9.17) is 5.73 Å². The Morgan fingerprint density at radius 2 is 2.36 bits per heavy atom. The molecule has 0 saturated heterocycles. The largest absolute Gasteiger partial charge is 0.330 e. The fraction of sp³-hybridized carbons (Fsp3) is 0.545. The summed E-state index contributed by atoms with van der Waals surface area (Å²) in [6.07, 6.45) is 5.61. The van der Waals surface area contributed by atoms with Gasteiger partial charge < -0.3 is 10.3 Å². The summed E-state index contributed by atoms with van der Waals surface area (Å²) in [5.74, 6) is 0.928. The van der Waals surface area contributed by atoms with Crippen LogP contribution in [-0.4, -0.2) is 16.1 Å². The lowest BCUT2D eigenvalue weighted by atomic mass is 9.93. The molecule has 0 aromatic carbocycles. The Hall–Kier alpha value is -1.09. The van der Waals surface area contributed by atoms with Crippen molar-refractivity contribution in [2.75, 3.05) is 6.54 Å². The maximum Gasteiger partial charge on any atom is 0.0951 e. The van der Waals surface area contributed by atoms with Crippen LogP contribution in [0.3, 0.4) is 0 Å². The van der Waals surface area contributed by atoms with Gasteiger partial charge >= 0.3 is 0 Å². The fourth-order valence-corrected chi connectivity index (χ4v) is 1.67. The first-order valence-electron chi connectivity index (χ1n) is 5.01. The molecule has 14 heavy (non-hydrogen) atoms. The van der Waals surface area contributed by atoms with Gasteiger partial charge in [-0.2, -0.15) is 0 Å². The van der Waals surface area contributed by atoms with Crippen molar-refractivity contribution in [2.24, 2.45) is 11.7 Å². The SMILES string of the molecule is C=CCn1cncc1C(CN)C(C)C. The molecule has 0 aliphatic rings. The van der Waals surface area contributed by atoms with Crippen LogP contribution in [0.25, 0.3) is 0 Å². The summed E-state index contributed by atoms with van der Waals surface area (Å²) in [6, 6.07) is 0. The van der Waals surface area contributed by atoms with Crippen molar-refractivity contribution < 1.29 is 0 Å². The van der Waals surface area contributed by atoms with Crippen molar-refractivity contribution in [3.63, 3.8) is 0 Å². The number of imidazole rings is 1. The quantitative estimate of drug-likeness (QED) is 0.724. The highest BCUT2D eigenvalue weighted by atomic mass is 15.0. The fourth-order valence-electron chi connectivity index (χ4n) is 1.67. The second-order valence-electron chi connectivity index (χ2n) is 3.85. The van der Waals surface area contributed by atoms with Gasteiger partial charge in [0.05, 0.1) is 6.33 Å². The molecule has 1 aromatic rings. The van der Waals surface area contributed by atoms with Gasteiger partial charge in [-0.3, -0.25) is 0 Å². The lowest BCUT2D eigenvalue weighted by Crippen LogP contribution is -2.20. The van der Waals surface area contributed by atoms with Gasteiger partial charge in [0, 0.05) is 30.9 Å². The minimum atomic E-state index is 0.387. The van der Waals surface area contributed by atoms with Crippen LogP contribution in [0, 0.1) is 5.92 Å². The Kier molecular flexibility index (Phi) is 3.89. The maximum atomic E-state index is 5.76. The Morgan fingerprint density at radius 3 is 2.86 bits per heavy atom. The molecule has 1 heterocycles. The third kappa shape index (κ3) is 2.23. The van der Waals surface area contributed by atoms with E-state index in [0.717, 1.165) is 6.54 Å². The van der Waals surface area contributed by atoms with Crippen molar-refractivity contribution in [3.05, 3.63) is 30.9 Å². The van der Waals surface area contributed by atoms with Gasteiger partial charge in [-0.15, -0.1) is 6.58 Å². The summed E-state index contributed by atoms with van der Waals surface area (Å²) in [7, 11) is 0. The van der Waals surface area contributed by atoms with Crippen molar-refractivity contribution in [1.82, 2.24) is 9.55 Å². The second kappa shape index (κ2) is 4.96. The molecule has 3 nitrogen and oxygen atoms in total.